The van der Waals surface area contributed by atoms with Gasteiger partial charge in [0.05, 0.1) is 29.3 Å². The summed E-state index contributed by atoms with van der Waals surface area (Å²) in [5.74, 6) is 0.0206. The van der Waals surface area contributed by atoms with Crippen molar-refractivity contribution >= 4 is 27.8 Å². The molecule has 2 N–H and O–H groups in total. The molecule has 4 aromatic heterocycles. The highest BCUT2D eigenvalue weighted by Gasteiger charge is 2.22. The maximum absolute atomic E-state index is 14.3. The molecular weight excluding hydrogens is 433 g/mol. The molecule has 0 saturated heterocycles. The smallest absolute Gasteiger partial charge is 0.148 e. The van der Waals surface area contributed by atoms with Gasteiger partial charge in [-0.15, -0.1) is 5.10 Å². The molecule has 0 amide bonds. The van der Waals surface area contributed by atoms with Crippen LogP contribution in [0, 0.1) is 5.82 Å². The molecule has 1 unspecified atom stereocenters. The highest BCUT2D eigenvalue weighted by molar-refractivity contribution is 6.07. The molecular formula is C24H20FN9. The molecule has 2 aromatic carbocycles. The minimum absolute atomic E-state index is 0.251. The van der Waals surface area contributed by atoms with Gasteiger partial charge in [-0.2, -0.15) is 5.10 Å². The first-order valence-corrected chi connectivity index (χ1v) is 10.7. The van der Waals surface area contributed by atoms with E-state index in [2.05, 4.69) is 25.4 Å². The van der Waals surface area contributed by atoms with E-state index in [1.54, 1.807) is 24.4 Å². The van der Waals surface area contributed by atoms with E-state index in [-0.39, 0.29) is 11.9 Å². The van der Waals surface area contributed by atoms with Gasteiger partial charge < -0.3 is 10.3 Å². The first-order chi connectivity index (χ1) is 16.5. The summed E-state index contributed by atoms with van der Waals surface area (Å²) in [4.78, 5) is 8.77. The van der Waals surface area contributed by atoms with E-state index >= 15 is 0 Å². The largest absolute Gasteiger partial charge is 0.383 e. The average Bonchev–Trinajstić information content (AvgIpc) is 3.57. The molecule has 1 atom stereocenters. The molecule has 9 nitrogen and oxygen atoms in total. The van der Waals surface area contributed by atoms with E-state index in [1.165, 1.54) is 17.1 Å². The standard InChI is InChI=1S/C24H20FN9/c1-14(19-12-34(31-30-19)21-8-4-3-7-18(21)25)33-11-17(22-23(26)27-13-28-24(22)33)15-6-5-9-20-16(15)10-29-32(20)2/h3-14H,1-2H3,(H2,26,27,28). The Morgan fingerprint density at radius 3 is 2.71 bits per heavy atom. The van der Waals surface area contributed by atoms with Crippen LogP contribution in [-0.4, -0.2) is 39.3 Å². The van der Waals surface area contributed by atoms with Gasteiger partial charge in [0.25, 0.3) is 0 Å². The third kappa shape index (κ3) is 2.95. The van der Waals surface area contributed by atoms with Crippen molar-refractivity contribution in [2.75, 3.05) is 5.73 Å². The SMILES string of the molecule is CC(c1cn(-c2ccccc2F)nn1)n1cc(-c2cccc3c2cnn3C)c2c(N)ncnc21. The Labute approximate surface area is 193 Å². The lowest BCUT2D eigenvalue weighted by Crippen LogP contribution is -2.07. The maximum Gasteiger partial charge on any atom is 0.148 e. The van der Waals surface area contributed by atoms with Crippen LogP contribution in [0.5, 0.6) is 0 Å². The van der Waals surface area contributed by atoms with Gasteiger partial charge in [-0.1, -0.05) is 29.5 Å². The second kappa shape index (κ2) is 7.48. The zero-order valence-corrected chi connectivity index (χ0v) is 18.5. The zero-order chi connectivity index (χ0) is 23.4. The van der Waals surface area contributed by atoms with Crippen molar-refractivity contribution in [2.24, 2.45) is 7.05 Å². The molecule has 34 heavy (non-hydrogen) atoms. The van der Waals surface area contributed by atoms with Crippen molar-refractivity contribution in [3.63, 3.8) is 0 Å². The van der Waals surface area contributed by atoms with Gasteiger partial charge in [0.2, 0.25) is 0 Å². The van der Waals surface area contributed by atoms with Crippen LogP contribution in [0.15, 0.2) is 67.4 Å². The molecule has 0 spiro atoms. The fourth-order valence-electron chi connectivity index (χ4n) is 4.39. The molecule has 0 aliphatic rings. The van der Waals surface area contributed by atoms with Gasteiger partial charge in [-0.05, 0) is 30.7 Å². The molecule has 168 valence electrons. The summed E-state index contributed by atoms with van der Waals surface area (Å²) in [6, 6.07) is 12.2. The molecule has 0 aliphatic carbocycles. The monoisotopic (exact) mass is 453 g/mol. The number of anilines is 1. The van der Waals surface area contributed by atoms with Crippen LogP contribution in [0.4, 0.5) is 10.2 Å². The predicted octanol–water partition coefficient (Wildman–Crippen LogP) is 3.90. The van der Waals surface area contributed by atoms with Crippen molar-refractivity contribution in [1.29, 1.82) is 0 Å². The molecule has 0 fully saturated rings. The second-order valence-corrected chi connectivity index (χ2v) is 8.13. The Hall–Kier alpha value is -4.60. The topological polar surface area (TPSA) is 105 Å². The van der Waals surface area contributed by atoms with Crippen LogP contribution in [-0.2, 0) is 7.05 Å². The number of benzene rings is 2. The van der Waals surface area contributed by atoms with E-state index in [1.807, 2.05) is 53.8 Å². The normalized spacial score (nSPS) is 12.6. The first-order valence-electron chi connectivity index (χ1n) is 10.7. The third-order valence-electron chi connectivity index (χ3n) is 6.18. The molecule has 0 saturated carbocycles. The summed E-state index contributed by atoms with van der Waals surface area (Å²) in [6.45, 7) is 1.99. The number of para-hydroxylation sites is 1. The summed E-state index contributed by atoms with van der Waals surface area (Å²) in [5, 5.41) is 14.6. The van der Waals surface area contributed by atoms with Gasteiger partial charge in [-0.3, -0.25) is 4.68 Å². The van der Waals surface area contributed by atoms with Crippen molar-refractivity contribution in [3.8, 4) is 16.8 Å². The van der Waals surface area contributed by atoms with Crippen LogP contribution in [0.3, 0.4) is 0 Å². The number of halogens is 1. The summed E-state index contributed by atoms with van der Waals surface area (Å²) < 4.78 is 19.5. The number of rotatable bonds is 4. The number of nitrogen functional groups attached to an aromatic ring is 1. The van der Waals surface area contributed by atoms with Gasteiger partial charge in [0.1, 0.15) is 35.0 Å². The second-order valence-electron chi connectivity index (χ2n) is 8.13. The molecule has 0 aliphatic heterocycles. The van der Waals surface area contributed by atoms with Crippen molar-refractivity contribution in [3.05, 3.63) is 78.9 Å². The molecule has 6 aromatic rings. The van der Waals surface area contributed by atoms with Gasteiger partial charge in [0, 0.05) is 24.2 Å². The predicted molar refractivity (Wildman–Crippen MR) is 127 cm³/mol. The van der Waals surface area contributed by atoms with Crippen LogP contribution >= 0.6 is 0 Å². The number of hydrogen-bond donors (Lipinski definition) is 1. The lowest BCUT2D eigenvalue weighted by Gasteiger charge is -2.11. The maximum atomic E-state index is 14.3. The third-order valence-corrected chi connectivity index (χ3v) is 6.18. The van der Waals surface area contributed by atoms with Gasteiger partial charge >= 0.3 is 0 Å². The number of hydrogen-bond acceptors (Lipinski definition) is 6. The van der Waals surface area contributed by atoms with Gasteiger partial charge in [-0.25, -0.2) is 19.0 Å². The van der Waals surface area contributed by atoms with E-state index in [9.17, 15) is 4.39 Å². The fourth-order valence-corrected chi connectivity index (χ4v) is 4.39. The number of fused-ring (bicyclic) bond motifs is 2. The van der Waals surface area contributed by atoms with Crippen molar-refractivity contribution in [1.82, 2.24) is 39.3 Å². The number of aromatic nitrogens is 8. The van der Waals surface area contributed by atoms with Crippen LogP contribution in [0.25, 0.3) is 38.8 Å². The molecule has 4 heterocycles. The summed E-state index contributed by atoms with van der Waals surface area (Å²) in [7, 11) is 1.91. The molecule has 6 rings (SSSR count). The number of nitrogens with two attached hydrogens (primary N) is 1. The Morgan fingerprint density at radius 2 is 1.85 bits per heavy atom. The van der Waals surface area contributed by atoms with E-state index < -0.39 is 0 Å². The minimum atomic E-state index is -0.370. The Morgan fingerprint density at radius 1 is 1.00 bits per heavy atom. The van der Waals surface area contributed by atoms with E-state index in [0.29, 0.717) is 22.8 Å². The van der Waals surface area contributed by atoms with Crippen molar-refractivity contribution < 1.29 is 4.39 Å². The fraction of sp³-hybridized carbons (Fsp3) is 0.125. The summed E-state index contributed by atoms with van der Waals surface area (Å²) in [6.07, 6.45) is 7.02. The van der Waals surface area contributed by atoms with E-state index in [4.69, 9.17) is 5.73 Å². The summed E-state index contributed by atoms with van der Waals surface area (Å²) >= 11 is 0. The van der Waals surface area contributed by atoms with Gasteiger partial charge in [0.15, 0.2) is 0 Å². The average molecular weight is 453 g/mol. The molecule has 10 heteroatoms. The molecule has 0 radical (unpaired) electrons. The highest BCUT2D eigenvalue weighted by Crippen LogP contribution is 2.38. The lowest BCUT2D eigenvalue weighted by molar-refractivity contribution is 0.607. The first kappa shape index (κ1) is 20.0. The summed E-state index contributed by atoms with van der Waals surface area (Å²) in [5.41, 5.74) is 10.9. The Balaban J connectivity index is 1.52. The Bertz CT molecular complexity index is 1680. The minimum Gasteiger partial charge on any atom is -0.383 e. The van der Waals surface area contributed by atoms with Crippen LogP contribution in [0.2, 0.25) is 0 Å². The van der Waals surface area contributed by atoms with Crippen LogP contribution < -0.4 is 5.73 Å². The number of nitrogens with zero attached hydrogens (tertiary/aromatic N) is 8. The van der Waals surface area contributed by atoms with Crippen molar-refractivity contribution in [2.45, 2.75) is 13.0 Å². The lowest BCUT2D eigenvalue weighted by atomic mass is 10.0. The van der Waals surface area contributed by atoms with E-state index in [0.717, 1.165) is 27.4 Å². The zero-order valence-electron chi connectivity index (χ0n) is 18.5. The Kier molecular flexibility index (Phi) is 4.41. The number of aryl methyl sites for hydroxylation is 1. The quantitative estimate of drug-likeness (QED) is 0.434. The molecule has 0 bridgehead atoms. The van der Waals surface area contributed by atoms with Crippen LogP contribution in [0.1, 0.15) is 18.7 Å². The highest BCUT2D eigenvalue weighted by atomic mass is 19.1.